The Kier molecular flexibility index (Phi) is 1030. The number of rotatable bonds is 1. The molecule has 83 valence electrons. The Hall–Kier alpha value is 1.75. The van der Waals surface area contributed by atoms with Crippen molar-refractivity contribution in [3.63, 3.8) is 0 Å². The molecule has 0 saturated carbocycles. The molecular weight excluding hydrogens is 397 g/mol. The van der Waals surface area contributed by atoms with Gasteiger partial charge in [-0.3, -0.25) is 0 Å². The average Bonchev–Trinajstić information content (AvgIpc) is 1.37. The van der Waals surface area contributed by atoms with E-state index in [9.17, 15) is 0 Å². The molecule has 0 aliphatic heterocycles. The zero-order chi connectivity index (χ0) is 3.41. The normalized spacial score (nSPS) is 2.50. The van der Waals surface area contributed by atoms with Gasteiger partial charge in [0.1, 0.15) is 0 Å². The zero-order valence-electron chi connectivity index (χ0n) is 4.81. The Labute approximate surface area is 123 Å². The predicted molar refractivity (Wildman–Crippen MR) is 57.3 cm³/mol. The Bertz CT molecular complexity index is 16.5. The van der Waals surface area contributed by atoms with Crippen LogP contribution in [0.2, 0.25) is 0 Å². The molecule has 0 saturated heterocycles. The van der Waals surface area contributed by atoms with Crippen LogP contribution in [0.25, 0.3) is 0 Å². The first-order valence-electron chi connectivity index (χ1n) is 1.20. The minimum atomic E-state index is 0. The third kappa shape index (κ3) is 179. The molecule has 0 rings (SSSR count). The Morgan fingerprint density at radius 1 is 1.00 bits per heavy atom. The van der Waals surface area contributed by atoms with Crippen molar-refractivity contribution in [3.05, 3.63) is 14.4 Å². The molecule has 0 aromatic carbocycles. The quantitative estimate of drug-likeness (QED) is 0.574. The largest absolute Gasteiger partial charge is 0.417 e. The van der Waals surface area contributed by atoms with Gasteiger partial charge in [-0.15, -0.1) is 0 Å². The summed E-state index contributed by atoms with van der Waals surface area (Å²) in [4.78, 5) is 0. The van der Waals surface area contributed by atoms with Gasteiger partial charge >= 0.3 is 0 Å². The van der Waals surface area contributed by atoms with Crippen molar-refractivity contribution in [2.45, 2.75) is 37.1 Å². The predicted octanol–water partition coefficient (Wildman–Crippen LogP) is 4.09. The fourth-order valence-electron chi connectivity index (χ4n) is 0. The fraction of sp³-hybridized carbons (Fsp3) is 0.778. The molecule has 0 amide bonds. The molecule has 1 nitrogen and oxygen atoms in total. The summed E-state index contributed by atoms with van der Waals surface area (Å²) < 4.78 is 4.43. The van der Waals surface area contributed by atoms with E-state index in [-0.39, 0.29) is 98.3 Å². The first-order valence-corrected chi connectivity index (χ1v) is 1.20. The summed E-state index contributed by atoms with van der Waals surface area (Å²) in [6.45, 7) is 3.95. The second-order valence-corrected chi connectivity index (χ2v) is 0.493. The summed E-state index contributed by atoms with van der Waals surface area (Å²) in [5, 5.41) is 0. The molecule has 0 N–H and O–H groups in total. The van der Waals surface area contributed by atoms with Crippen molar-refractivity contribution in [1.82, 2.24) is 0 Å². The van der Waals surface area contributed by atoms with Crippen molar-refractivity contribution in [3.8, 4) is 0 Å². The molecule has 1 radical (unpaired) electrons. The van der Waals surface area contributed by atoms with Crippen LogP contribution in [0.3, 0.4) is 0 Å². The van der Waals surface area contributed by atoms with E-state index in [0.29, 0.717) is 6.61 Å². The number of hydrogen-bond acceptors (Lipinski definition) is 1. The molecule has 0 aliphatic carbocycles. The second kappa shape index (κ2) is 125. The van der Waals surface area contributed by atoms with Gasteiger partial charge in [0.05, 0.1) is 0 Å². The Morgan fingerprint density at radius 2 is 1.08 bits per heavy atom. The van der Waals surface area contributed by atoms with Crippen LogP contribution in [0, 0.1) is 14.4 Å². The maximum Gasteiger partial charge on any atom is 0.0319 e. The van der Waals surface area contributed by atoms with Gasteiger partial charge in [-0.25, -0.2) is 0 Å². The van der Waals surface area contributed by atoms with E-state index in [1.54, 1.807) is 7.11 Å². The van der Waals surface area contributed by atoms with Gasteiger partial charge in [-0.2, -0.15) is 0 Å². The van der Waals surface area contributed by atoms with Gasteiger partial charge in [0, 0.05) is 60.9 Å². The number of ether oxygens (including phenoxy) is 1. The van der Waals surface area contributed by atoms with E-state index in [1.165, 1.54) is 0 Å². The Balaban J connectivity index is -0.00000000161. The van der Waals surface area contributed by atoms with E-state index in [0.717, 1.165) is 0 Å². The molecule has 0 unspecified atom stereocenters. The third-order valence-electron chi connectivity index (χ3n) is 0.204. The molecule has 0 aromatic heterocycles. The third-order valence-corrected chi connectivity index (χ3v) is 0.204. The first kappa shape index (κ1) is 99.0. The fourth-order valence-corrected chi connectivity index (χ4v) is 0. The summed E-state index contributed by atoms with van der Waals surface area (Å²) >= 11 is 0. The minimum Gasteiger partial charge on any atom is -0.417 e. The average molecular weight is 427 g/mol. The topological polar surface area (TPSA) is 9.23 Å². The van der Waals surface area contributed by atoms with Crippen LogP contribution in [-0.4, -0.2) is 13.7 Å². The minimum absolute atomic E-state index is 0. The summed E-state index contributed by atoms with van der Waals surface area (Å²) in [5.74, 6) is 0. The van der Waals surface area contributed by atoms with Crippen LogP contribution in [0.15, 0.2) is 0 Å². The van der Waals surface area contributed by atoms with Crippen LogP contribution in [0.5, 0.6) is 0 Å². The van der Waals surface area contributed by atoms with Gasteiger partial charge in [-0.1, -0.05) is 43.7 Å². The van der Waals surface area contributed by atoms with Gasteiger partial charge in [0.25, 0.3) is 0 Å². The van der Waals surface area contributed by atoms with E-state index in [4.69, 9.17) is 0 Å². The maximum absolute atomic E-state index is 4.43. The van der Waals surface area contributed by atoms with Crippen molar-refractivity contribution in [1.29, 1.82) is 0 Å². The molecule has 0 aromatic rings. The maximum atomic E-state index is 4.43. The molecule has 12 heavy (non-hydrogen) atoms. The zero-order valence-corrected chi connectivity index (χ0v) is 10.6. The smallest absolute Gasteiger partial charge is 0.0319 e. The van der Waals surface area contributed by atoms with Gasteiger partial charge in [0.15, 0.2) is 0 Å². The van der Waals surface area contributed by atoms with Crippen LogP contribution in [0.1, 0.15) is 37.1 Å². The van der Waals surface area contributed by atoms with Crippen LogP contribution >= 0.6 is 0 Å². The molecule has 0 aliphatic rings. The van der Waals surface area contributed by atoms with Crippen molar-refractivity contribution < 1.29 is 58.5 Å². The van der Waals surface area contributed by atoms with E-state index in [2.05, 4.69) is 11.7 Å². The monoisotopic (exact) mass is 427 g/mol. The van der Waals surface area contributed by atoms with Crippen LogP contribution < -0.4 is 0 Å². The van der Waals surface area contributed by atoms with Crippen LogP contribution in [0.4, 0.5) is 0 Å². The standard InChI is InChI=1S/C3H7O.5CH4.CH3.W.Y/c1-3-4-2;;;;;;;;/h1,3H2,2H3;5*1H4;1H3;;/q-1;;;;;;-1;;. The van der Waals surface area contributed by atoms with Crippen molar-refractivity contribution >= 4 is 0 Å². The number of methoxy groups -OCH3 is 1. The molecule has 0 spiro atoms. The molecule has 0 atom stereocenters. The summed E-state index contributed by atoms with van der Waals surface area (Å²) in [6, 6.07) is 0. The SMILES string of the molecule is C.C.C.C.C.[CH2-]COC.[CH3-].[W].[Y]. The van der Waals surface area contributed by atoms with Crippen LogP contribution in [-0.2, 0) is 58.5 Å². The first-order chi connectivity index (χ1) is 1.91. The van der Waals surface area contributed by atoms with Gasteiger partial charge < -0.3 is 19.1 Å². The van der Waals surface area contributed by atoms with E-state index in [1.807, 2.05) is 0 Å². The summed E-state index contributed by atoms with van der Waals surface area (Å²) in [6.07, 6.45) is 0. The molecule has 0 heterocycles. The molecule has 0 fully saturated rings. The van der Waals surface area contributed by atoms with E-state index >= 15 is 0 Å². The summed E-state index contributed by atoms with van der Waals surface area (Å²) in [5.41, 5.74) is 0. The summed E-state index contributed by atoms with van der Waals surface area (Å²) in [7, 11) is 1.62. The second-order valence-electron chi connectivity index (χ2n) is 0.493. The van der Waals surface area contributed by atoms with Crippen molar-refractivity contribution in [2.75, 3.05) is 13.7 Å². The number of hydrogen-bond donors (Lipinski definition) is 0. The van der Waals surface area contributed by atoms with Gasteiger partial charge in [0.2, 0.25) is 0 Å². The van der Waals surface area contributed by atoms with E-state index < -0.39 is 0 Å². The molecular formula is C9H30OWY-2. The van der Waals surface area contributed by atoms with Crippen molar-refractivity contribution in [2.24, 2.45) is 0 Å². The van der Waals surface area contributed by atoms with Gasteiger partial charge in [-0.05, 0) is 0 Å². The Morgan fingerprint density at radius 3 is 1.08 bits per heavy atom. The molecule has 0 bridgehead atoms. The molecule has 3 heteroatoms.